The zero-order chi connectivity index (χ0) is 12.1. The zero-order valence-corrected chi connectivity index (χ0v) is 10.4. The quantitative estimate of drug-likeness (QED) is 0.847. The summed E-state index contributed by atoms with van der Waals surface area (Å²) in [6.45, 7) is 6.35. The van der Waals surface area contributed by atoms with Crippen molar-refractivity contribution in [1.29, 1.82) is 0 Å². The highest BCUT2D eigenvalue weighted by Gasteiger charge is 2.16. The van der Waals surface area contributed by atoms with Gasteiger partial charge in [0.05, 0.1) is 13.2 Å². The SMILES string of the molecule is CC(CN)Cc1cccnc1N1CCOCC1. The lowest BCUT2D eigenvalue weighted by atomic mass is 10.0. The van der Waals surface area contributed by atoms with Gasteiger partial charge in [-0.3, -0.25) is 0 Å². The Morgan fingerprint density at radius 1 is 1.47 bits per heavy atom. The molecule has 0 spiro atoms. The van der Waals surface area contributed by atoms with Gasteiger partial charge in [0, 0.05) is 19.3 Å². The van der Waals surface area contributed by atoms with Crippen LogP contribution in [0.15, 0.2) is 18.3 Å². The number of rotatable bonds is 4. The van der Waals surface area contributed by atoms with Gasteiger partial charge in [-0.1, -0.05) is 13.0 Å². The Labute approximate surface area is 103 Å². The molecule has 0 aliphatic carbocycles. The molecular formula is C13H21N3O. The number of nitrogens with two attached hydrogens (primary N) is 1. The van der Waals surface area contributed by atoms with Crippen molar-refractivity contribution in [2.75, 3.05) is 37.7 Å². The molecule has 2 rings (SSSR count). The van der Waals surface area contributed by atoms with E-state index in [1.54, 1.807) is 0 Å². The Bertz CT molecular complexity index is 350. The maximum absolute atomic E-state index is 5.69. The van der Waals surface area contributed by atoms with Crippen LogP contribution in [0.3, 0.4) is 0 Å². The first-order valence-electron chi connectivity index (χ1n) is 6.28. The number of nitrogens with zero attached hydrogens (tertiary/aromatic N) is 2. The van der Waals surface area contributed by atoms with E-state index in [0.29, 0.717) is 5.92 Å². The summed E-state index contributed by atoms with van der Waals surface area (Å²) in [6, 6.07) is 4.16. The molecule has 0 saturated carbocycles. The molecule has 1 fully saturated rings. The van der Waals surface area contributed by atoms with Gasteiger partial charge in [0.25, 0.3) is 0 Å². The van der Waals surface area contributed by atoms with Crippen LogP contribution in [-0.2, 0) is 11.2 Å². The second-order valence-corrected chi connectivity index (χ2v) is 4.63. The molecule has 1 aromatic heterocycles. The molecule has 0 bridgehead atoms. The van der Waals surface area contributed by atoms with Crippen LogP contribution < -0.4 is 10.6 Å². The first-order chi connectivity index (χ1) is 8.31. The molecule has 1 saturated heterocycles. The molecule has 0 amide bonds. The van der Waals surface area contributed by atoms with Crippen molar-refractivity contribution in [2.24, 2.45) is 11.7 Å². The van der Waals surface area contributed by atoms with E-state index < -0.39 is 0 Å². The van der Waals surface area contributed by atoms with Gasteiger partial charge in [0.1, 0.15) is 5.82 Å². The van der Waals surface area contributed by atoms with Crippen LogP contribution in [0.2, 0.25) is 0 Å². The predicted octanol–water partition coefficient (Wildman–Crippen LogP) is 1.06. The van der Waals surface area contributed by atoms with Gasteiger partial charge in [-0.05, 0) is 30.5 Å². The third kappa shape index (κ3) is 3.17. The Hall–Kier alpha value is -1.13. The minimum absolute atomic E-state index is 0.499. The van der Waals surface area contributed by atoms with Crippen molar-refractivity contribution >= 4 is 5.82 Å². The standard InChI is InChI=1S/C13H21N3O/c1-11(10-14)9-12-3-2-4-15-13(12)16-5-7-17-8-6-16/h2-4,11H,5-10,14H2,1H3. The Morgan fingerprint density at radius 2 is 2.24 bits per heavy atom. The van der Waals surface area contributed by atoms with Gasteiger partial charge >= 0.3 is 0 Å². The third-order valence-electron chi connectivity index (χ3n) is 3.15. The first kappa shape index (κ1) is 12.3. The van der Waals surface area contributed by atoms with Gasteiger partial charge < -0.3 is 15.4 Å². The number of pyridine rings is 1. The second kappa shape index (κ2) is 5.98. The number of ether oxygens (including phenoxy) is 1. The zero-order valence-electron chi connectivity index (χ0n) is 10.4. The summed E-state index contributed by atoms with van der Waals surface area (Å²) in [4.78, 5) is 6.83. The van der Waals surface area contributed by atoms with Crippen LogP contribution in [-0.4, -0.2) is 37.8 Å². The van der Waals surface area contributed by atoms with E-state index in [0.717, 1.165) is 45.1 Å². The van der Waals surface area contributed by atoms with E-state index in [4.69, 9.17) is 10.5 Å². The maximum Gasteiger partial charge on any atom is 0.131 e. The van der Waals surface area contributed by atoms with Crippen LogP contribution >= 0.6 is 0 Å². The van der Waals surface area contributed by atoms with Crippen molar-refractivity contribution in [3.63, 3.8) is 0 Å². The molecule has 1 unspecified atom stereocenters. The molecule has 0 aromatic carbocycles. The van der Waals surface area contributed by atoms with Gasteiger partial charge in [-0.2, -0.15) is 0 Å². The molecule has 94 valence electrons. The number of hydrogen-bond acceptors (Lipinski definition) is 4. The molecule has 1 aromatic rings. The summed E-state index contributed by atoms with van der Waals surface area (Å²) < 4.78 is 5.37. The fourth-order valence-electron chi connectivity index (χ4n) is 2.11. The highest BCUT2D eigenvalue weighted by molar-refractivity contribution is 5.47. The number of aromatic nitrogens is 1. The molecule has 1 aliphatic rings. The highest BCUT2D eigenvalue weighted by Crippen LogP contribution is 2.21. The van der Waals surface area contributed by atoms with Crippen molar-refractivity contribution in [2.45, 2.75) is 13.3 Å². The van der Waals surface area contributed by atoms with Gasteiger partial charge in [-0.25, -0.2) is 4.98 Å². The highest BCUT2D eigenvalue weighted by atomic mass is 16.5. The summed E-state index contributed by atoms with van der Waals surface area (Å²) in [6.07, 6.45) is 2.86. The summed E-state index contributed by atoms with van der Waals surface area (Å²) in [7, 11) is 0. The second-order valence-electron chi connectivity index (χ2n) is 4.63. The minimum atomic E-state index is 0.499. The maximum atomic E-state index is 5.69. The molecule has 2 heterocycles. The summed E-state index contributed by atoms with van der Waals surface area (Å²) in [5, 5.41) is 0. The molecule has 4 heteroatoms. The van der Waals surface area contributed by atoms with Gasteiger partial charge in [-0.15, -0.1) is 0 Å². The lowest BCUT2D eigenvalue weighted by molar-refractivity contribution is 0.122. The summed E-state index contributed by atoms with van der Waals surface area (Å²) >= 11 is 0. The monoisotopic (exact) mass is 235 g/mol. The number of hydrogen-bond donors (Lipinski definition) is 1. The van der Waals surface area contributed by atoms with Crippen LogP contribution in [0.1, 0.15) is 12.5 Å². The number of anilines is 1. The Kier molecular flexibility index (Phi) is 4.34. The molecule has 1 aliphatic heterocycles. The largest absolute Gasteiger partial charge is 0.378 e. The van der Waals surface area contributed by atoms with Crippen LogP contribution in [0, 0.1) is 5.92 Å². The van der Waals surface area contributed by atoms with E-state index in [9.17, 15) is 0 Å². The van der Waals surface area contributed by atoms with Crippen molar-refractivity contribution in [3.8, 4) is 0 Å². The van der Waals surface area contributed by atoms with E-state index in [1.807, 2.05) is 12.3 Å². The van der Waals surface area contributed by atoms with Gasteiger partial charge in [0.2, 0.25) is 0 Å². The fourth-order valence-corrected chi connectivity index (χ4v) is 2.11. The Balaban J connectivity index is 2.14. The topological polar surface area (TPSA) is 51.4 Å². The van der Waals surface area contributed by atoms with E-state index in [2.05, 4.69) is 22.9 Å². The molecular weight excluding hydrogens is 214 g/mol. The van der Waals surface area contributed by atoms with E-state index in [-0.39, 0.29) is 0 Å². The molecule has 2 N–H and O–H groups in total. The third-order valence-corrected chi connectivity index (χ3v) is 3.15. The molecule has 17 heavy (non-hydrogen) atoms. The lowest BCUT2D eigenvalue weighted by Gasteiger charge is -2.29. The average molecular weight is 235 g/mol. The van der Waals surface area contributed by atoms with E-state index in [1.165, 1.54) is 5.56 Å². The van der Waals surface area contributed by atoms with Crippen LogP contribution in [0.25, 0.3) is 0 Å². The number of morpholine rings is 1. The van der Waals surface area contributed by atoms with Crippen LogP contribution in [0.5, 0.6) is 0 Å². The minimum Gasteiger partial charge on any atom is -0.378 e. The van der Waals surface area contributed by atoms with Crippen molar-refractivity contribution in [1.82, 2.24) is 4.98 Å². The molecule has 4 nitrogen and oxygen atoms in total. The lowest BCUT2D eigenvalue weighted by Crippen LogP contribution is -2.37. The summed E-state index contributed by atoms with van der Waals surface area (Å²) in [5.41, 5.74) is 6.99. The van der Waals surface area contributed by atoms with Crippen molar-refractivity contribution < 1.29 is 4.74 Å². The van der Waals surface area contributed by atoms with E-state index >= 15 is 0 Å². The smallest absolute Gasteiger partial charge is 0.131 e. The average Bonchev–Trinajstić information content (AvgIpc) is 2.40. The van der Waals surface area contributed by atoms with Crippen molar-refractivity contribution in [3.05, 3.63) is 23.9 Å². The fraction of sp³-hybridized carbons (Fsp3) is 0.615. The van der Waals surface area contributed by atoms with Crippen LogP contribution in [0.4, 0.5) is 5.82 Å². The Morgan fingerprint density at radius 3 is 2.94 bits per heavy atom. The molecule has 1 atom stereocenters. The normalized spacial score (nSPS) is 18.1. The predicted molar refractivity (Wildman–Crippen MR) is 69.2 cm³/mol. The first-order valence-corrected chi connectivity index (χ1v) is 6.28. The van der Waals surface area contributed by atoms with Gasteiger partial charge in [0.15, 0.2) is 0 Å². The molecule has 0 radical (unpaired) electrons. The summed E-state index contributed by atoms with van der Waals surface area (Å²) in [5.74, 6) is 1.61.